The van der Waals surface area contributed by atoms with Gasteiger partial charge in [-0.1, -0.05) is 33.1 Å². The van der Waals surface area contributed by atoms with Gasteiger partial charge in [-0.15, -0.1) is 0 Å². The summed E-state index contributed by atoms with van der Waals surface area (Å²) in [5, 5.41) is 22.6. The molecule has 1 aliphatic rings. The molecule has 0 aliphatic heterocycles. The fourth-order valence-electron chi connectivity index (χ4n) is 2.81. The molecule has 4 unspecified atom stereocenters. The quantitative estimate of drug-likeness (QED) is 0.607. The van der Waals surface area contributed by atoms with Crippen molar-refractivity contribution in [1.82, 2.24) is 5.32 Å². The second kappa shape index (κ2) is 8.98. The molecule has 3 N–H and O–H groups in total. The third kappa shape index (κ3) is 5.68. The molecule has 0 spiro atoms. The van der Waals surface area contributed by atoms with Gasteiger partial charge >= 0.3 is 0 Å². The molecule has 120 valence electrons. The SMILES string of the molecule is CCC1CCCCC1OCC(O)CNC(C)(CC)CO. The lowest BCUT2D eigenvalue weighted by Crippen LogP contribution is -2.49. The van der Waals surface area contributed by atoms with Gasteiger partial charge in [-0.25, -0.2) is 0 Å². The molecule has 1 saturated carbocycles. The van der Waals surface area contributed by atoms with E-state index >= 15 is 0 Å². The first-order chi connectivity index (χ1) is 9.54. The predicted molar refractivity (Wildman–Crippen MR) is 81.8 cm³/mol. The lowest BCUT2D eigenvalue weighted by atomic mass is 9.85. The van der Waals surface area contributed by atoms with E-state index in [1.165, 1.54) is 19.3 Å². The summed E-state index contributed by atoms with van der Waals surface area (Å²) in [5.41, 5.74) is -0.308. The van der Waals surface area contributed by atoms with Crippen LogP contribution < -0.4 is 5.32 Å². The van der Waals surface area contributed by atoms with E-state index in [0.29, 0.717) is 25.2 Å². The van der Waals surface area contributed by atoms with Gasteiger partial charge in [0.1, 0.15) is 0 Å². The molecular formula is C16H33NO3. The van der Waals surface area contributed by atoms with Crippen molar-refractivity contribution in [3.8, 4) is 0 Å². The molecule has 0 heterocycles. The highest BCUT2D eigenvalue weighted by Gasteiger charge is 2.26. The number of ether oxygens (including phenoxy) is 1. The van der Waals surface area contributed by atoms with E-state index in [1.807, 2.05) is 13.8 Å². The summed E-state index contributed by atoms with van der Waals surface area (Å²) in [6, 6.07) is 0. The Hall–Kier alpha value is -0.160. The Morgan fingerprint density at radius 3 is 2.60 bits per heavy atom. The molecule has 0 bridgehead atoms. The van der Waals surface area contributed by atoms with E-state index in [2.05, 4.69) is 12.2 Å². The molecule has 0 aromatic carbocycles. The molecule has 0 saturated heterocycles. The van der Waals surface area contributed by atoms with Gasteiger partial charge < -0.3 is 20.3 Å². The van der Waals surface area contributed by atoms with Gasteiger partial charge in [0, 0.05) is 12.1 Å². The molecule has 1 rings (SSSR count). The average Bonchev–Trinajstić information content (AvgIpc) is 2.50. The molecule has 0 radical (unpaired) electrons. The zero-order valence-corrected chi connectivity index (χ0v) is 13.4. The maximum atomic E-state index is 10.0. The van der Waals surface area contributed by atoms with Crippen molar-refractivity contribution in [1.29, 1.82) is 0 Å². The minimum absolute atomic E-state index is 0.0810. The zero-order chi connectivity index (χ0) is 15.0. The smallest absolute Gasteiger partial charge is 0.0898 e. The largest absolute Gasteiger partial charge is 0.394 e. The second-order valence-electron chi connectivity index (χ2n) is 6.43. The number of β-amino-alcohol motifs (C(OH)–C–C–N with tert-alkyl or cyclic N) is 1. The van der Waals surface area contributed by atoms with E-state index in [-0.39, 0.29) is 12.1 Å². The first-order valence-corrected chi connectivity index (χ1v) is 8.20. The Balaban J connectivity index is 2.26. The van der Waals surface area contributed by atoms with Gasteiger partial charge in [-0.2, -0.15) is 0 Å². The summed E-state index contributed by atoms with van der Waals surface area (Å²) >= 11 is 0. The molecule has 4 heteroatoms. The van der Waals surface area contributed by atoms with Gasteiger partial charge in [0.15, 0.2) is 0 Å². The predicted octanol–water partition coefficient (Wildman–Crippen LogP) is 2.08. The number of nitrogens with one attached hydrogen (secondary N) is 1. The molecule has 0 aromatic heterocycles. The fourth-order valence-corrected chi connectivity index (χ4v) is 2.81. The molecule has 4 nitrogen and oxygen atoms in total. The standard InChI is InChI=1S/C16H33NO3/c1-4-13-8-6-7-9-15(13)20-11-14(19)10-17-16(3,5-2)12-18/h13-15,17-19H,4-12H2,1-3H3. The molecule has 1 fully saturated rings. The Bertz CT molecular complexity index is 256. The number of aliphatic hydroxyl groups is 2. The van der Waals surface area contributed by atoms with E-state index < -0.39 is 6.10 Å². The lowest BCUT2D eigenvalue weighted by molar-refractivity contribution is -0.0516. The third-order valence-corrected chi connectivity index (χ3v) is 4.76. The van der Waals surface area contributed by atoms with Crippen molar-refractivity contribution >= 4 is 0 Å². The van der Waals surface area contributed by atoms with Crippen molar-refractivity contribution in [2.24, 2.45) is 5.92 Å². The second-order valence-corrected chi connectivity index (χ2v) is 6.43. The van der Waals surface area contributed by atoms with Gasteiger partial charge in [0.2, 0.25) is 0 Å². The first-order valence-electron chi connectivity index (χ1n) is 8.20. The summed E-state index contributed by atoms with van der Waals surface area (Å²) in [6.45, 7) is 7.15. The highest BCUT2D eigenvalue weighted by Crippen LogP contribution is 2.29. The van der Waals surface area contributed by atoms with Gasteiger partial charge in [0.25, 0.3) is 0 Å². The molecular weight excluding hydrogens is 254 g/mol. The summed E-state index contributed by atoms with van der Waals surface area (Å²) in [6.07, 6.45) is 6.75. The van der Waals surface area contributed by atoms with E-state index in [9.17, 15) is 10.2 Å². The normalized spacial score (nSPS) is 28.1. The van der Waals surface area contributed by atoms with Crippen LogP contribution in [0.3, 0.4) is 0 Å². The Kier molecular flexibility index (Phi) is 8.03. The number of rotatable bonds is 9. The van der Waals surface area contributed by atoms with Crippen LogP contribution in [0.4, 0.5) is 0 Å². The summed E-state index contributed by atoms with van der Waals surface area (Å²) < 4.78 is 5.93. The van der Waals surface area contributed by atoms with Crippen LogP contribution in [-0.4, -0.2) is 47.7 Å². The van der Waals surface area contributed by atoms with Crippen LogP contribution in [-0.2, 0) is 4.74 Å². The van der Waals surface area contributed by atoms with Gasteiger partial charge in [0.05, 0.1) is 25.4 Å². The topological polar surface area (TPSA) is 61.7 Å². The van der Waals surface area contributed by atoms with Crippen molar-refractivity contribution in [3.05, 3.63) is 0 Å². The van der Waals surface area contributed by atoms with Gasteiger partial charge in [-0.05, 0) is 32.1 Å². The van der Waals surface area contributed by atoms with Crippen LogP contribution in [0.2, 0.25) is 0 Å². The minimum atomic E-state index is -0.508. The third-order valence-electron chi connectivity index (χ3n) is 4.76. The van der Waals surface area contributed by atoms with Crippen molar-refractivity contribution in [2.75, 3.05) is 19.8 Å². The summed E-state index contributed by atoms with van der Waals surface area (Å²) in [7, 11) is 0. The number of hydrogen-bond acceptors (Lipinski definition) is 4. The molecule has 20 heavy (non-hydrogen) atoms. The van der Waals surface area contributed by atoms with Crippen LogP contribution in [0.1, 0.15) is 59.3 Å². The molecule has 4 atom stereocenters. The molecule has 0 amide bonds. The van der Waals surface area contributed by atoms with Gasteiger partial charge in [-0.3, -0.25) is 0 Å². The summed E-state index contributed by atoms with van der Waals surface area (Å²) in [5.74, 6) is 0.655. The zero-order valence-electron chi connectivity index (χ0n) is 13.4. The molecule has 0 aromatic rings. The average molecular weight is 287 g/mol. The van der Waals surface area contributed by atoms with E-state index in [1.54, 1.807) is 0 Å². The lowest BCUT2D eigenvalue weighted by Gasteiger charge is -2.32. The highest BCUT2D eigenvalue weighted by atomic mass is 16.5. The van der Waals surface area contributed by atoms with Crippen LogP contribution in [0.25, 0.3) is 0 Å². The van der Waals surface area contributed by atoms with Crippen LogP contribution >= 0.6 is 0 Å². The molecule has 1 aliphatic carbocycles. The number of hydrogen-bond donors (Lipinski definition) is 3. The number of aliphatic hydroxyl groups excluding tert-OH is 2. The van der Waals surface area contributed by atoms with E-state index in [4.69, 9.17) is 4.74 Å². The van der Waals surface area contributed by atoms with Crippen molar-refractivity contribution in [3.63, 3.8) is 0 Å². The fraction of sp³-hybridized carbons (Fsp3) is 1.00. The Labute approximate surface area is 123 Å². The monoisotopic (exact) mass is 287 g/mol. The van der Waals surface area contributed by atoms with Crippen molar-refractivity contribution in [2.45, 2.75) is 77.0 Å². The Morgan fingerprint density at radius 2 is 2.00 bits per heavy atom. The van der Waals surface area contributed by atoms with Crippen molar-refractivity contribution < 1.29 is 14.9 Å². The minimum Gasteiger partial charge on any atom is -0.394 e. The van der Waals surface area contributed by atoms with Crippen LogP contribution in [0, 0.1) is 5.92 Å². The first kappa shape index (κ1) is 17.9. The highest BCUT2D eigenvalue weighted by molar-refractivity contribution is 4.82. The summed E-state index contributed by atoms with van der Waals surface area (Å²) in [4.78, 5) is 0. The van der Waals surface area contributed by atoms with Crippen LogP contribution in [0.15, 0.2) is 0 Å². The van der Waals surface area contributed by atoms with E-state index in [0.717, 1.165) is 19.3 Å². The van der Waals surface area contributed by atoms with Crippen LogP contribution in [0.5, 0.6) is 0 Å². The maximum Gasteiger partial charge on any atom is 0.0898 e. The maximum absolute atomic E-state index is 10.0. The Morgan fingerprint density at radius 1 is 1.30 bits per heavy atom.